The number of hydrogen-bond donors (Lipinski definition) is 2. The van der Waals surface area contributed by atoms with Crippen LogP contribution in [0.3, 0.4) is 0 Å². The van der Waals surface area contributed by atoms with Gasteiger partial charge in [-0.1, -0.05) is 18.2 Å². The molecule has 0 amide bonds. The summed E-state index contributed by atoms with van der Waals surface area (Å²) in [6, 6.07) is 9.39. The maximum atomic E-state index is 13.3. The molecular weight excluding hydrogens is 229 g/mol. The first-order valence-electron chi connectivity index (χ1n) is 5.70. The summed E-state index contributed by atoms with van der Waals surface area (Å²) < 4.78 is 13.3. The maximum absolute atomic E-state index is 13.3. The van der Waals surface area contributed by atoms with E-state index in [4.69, 9.17) is 5.73 Å². The highest BCUT2D eigenvalue weighted by molar-refractivity contribution is 5.93. The molecule has 0 aliphatic carbocycles. The molecule has 0 atom stereocenters. The van der Waals surface area contributed by atoms with Crippen molar-refractivity contribution in [2.45, 2.75) is 6.54 Å². The highest BCUT2D eigenvalue weighted by Crippen LogP contribution is 2.28. The molecule has 0 spiro atoms. The fourth-order valence-electron chi connectivity index (χ4n) is 2.08. The zero-order valence-electron chi connectivity index (χ0n) is 9.65. The van der Waals surface area contributed by atoms with Crippen molar-refractivity contribution < 1.29 is 4.39 Å². The van der Waals surface area contributed by atoms with E-state index in [9.17, 15) is 4.39 Å². The number of nitrogens with two attached hydrogens (primary N) is 1. The number of nitrogens with one attached hydrogen (secondary N) is 1. The number of pyridine rings is 1. The number of aromatic nitrogens is 2. The molecule has 3 rings (SSSR count). The van der Waals surface area contributed by atoms with E-state index in [1.165, 1.54) is 12.3 Å². The Labute approximate surface area is 103 Å². The van der Waals surface area contributed by atoms with Crippen molar-refractivity contribution in [3.05, 3.63) is 54.1 Å². The van der Waals surface area contributed by atoms with Gasteiger partial charge in [0.05, 0.1) is 6.20 Å². The van der Waals surface area contributed by atoms with Crippen LogP contribution >= 0.6 is 0 Å². The summed E-state index contributed by atoms with van der Waals surface area (Å²) in [6.45, 7) is 0.489. The number of fused-ring (bicyclic) bond motifs is 1. The first-order chi connectivity index (χ1) is 8.78. The highest BCUT2D eigenvalue weighted by Gasteiger charge is 2.08. The van der Waals surface area contributed by atoms with Gasteiger partial charge in [0.1, 0.15) is 11.5 Å². The predicted molar refractivity (Wildman–Crippen MR) is 69.4 cm³/mol. The number of H-pyrrole nitrogens is 1. The molecule has 3 aromatic rings. The standard InChI is InChI=1S/C14H12FN3/c15-11-5-12-13(8-18-14(12)17-7-11)10-3-1-2-9(4-10)6-16/h1-5,7-8H,6,16H2,(H,17,18). The van der Waals surface area contributed by atoms with Crippen molar-refractivity contribution in [1.29, 1.82) is 0 Å². The lowest BCUT2D eigenvalue weighted by Gasteiger charge is -2.02. The number of hydrogen-bond acceptors (Lipinski definition) is 2. The third-order valence-corrected chi connectivity index (χ3v) is 2.97. The topological polar surface area (TPSA) is 54.7 Å². The van der Waals surface area contributed by atoms with Crippen LogP contribution in [0, 0.1) is 5.82 Å². The van der Waals surface area contributed by atoms with Gasteiger partial charge in [-0.05, 0) is 23.3 Å². The molecular formula is C14H12FN3. The van der Waals surface area contributed by atoms with Gasteiger partial charge < -0.3 is 10.7 Å². The molecule has 4 heteroatoms. The van der Waals surface area contributed by atoms with Crippen LogP contribution in [-0.4, -0.2) is 9.97 Å². The van der Waals surface area contributed by atoms with Gasteiger partial charge in [0.2, 0.25) is 0 Å². The molecule has 0 saturated carbocycles. The summed E-state index contributed by atoms with van der Waals surface area (Å²) in [5.41, 5.74) is 9.31. The molecule has 0 unspecified atom stereocenters. The lowest BCUT2D eigenvalue weighted by atomic mass is 10.0. The van der Waals surface area contributed by atoms with Crippen molar-refractivity contribution in [2.75, 3.05) is 0 Å². The summed E-state index contributed by atoms with van der Waals surface area (Å²) in [5, 5.41) is 0.782. The minimum atomic E-state index is -0.335. The Balaban J connectivity index is 2.21. The molecule has 90 valence electrons. The number of benzene rings is 1. The second-order valence-corrected chi connectivity index (χ2v) is 4.16. The third kappa shape index (κ3) is 1.76. The Morgan fingerprint density at radius 3 is 3.00 bits per heavy atom. The average Bonchev–Trinajstić information content (AvgIpc) is 2.81. The van der Waals surface area contributed by atoms with E-state index in [-0.39, 0.29) is 5.82 Å². The lowest BCUT2D eigenvalue weighted by molar-refractivity contribution is 0.624. The first-order valence-corrected chi connectivity index (χ1v) is 5.70. The van der Waals surface area contributed by atoms with Crippen LogP contribution in [0.4, 0.5) is 4.39 Å². The quantitative estimate of drug-likeness (QED) is 0.724. The average molecular weight is 241 g/mol. The third-order valence-electron chi connectivity index (χ3n) is 2.97. The fraction of sp³-hybridized carbons (Fsp3) is 0.0714. The number of rotatable bonds is 2. The molecule has 2 heterocycles. The first kappa shape index (κ1) is 10.9. The zero-order chi connectivity index (χ0) is 12.5. The minimum absolute atomic E-state index is 0.335. The van der Waals surface area contributed by atoms with E-state index in [2.05, 4.69) is 9.97 Å². The Hall–Kier alpha value is -2.20. The number of nitrogens with zero attached hydrogens (tertiary/aromatic N) is 1. The SMILES string of the molecule is NCc1cccc(-c2c[nH]c3ncc(F)cc23)c1. The smallest absolute Gasteiger partial charge is 0.142 e. The van der Waals surface area contributed by atoms with Gasteiger partial charge in [-0.15, -0.1) is 0 Å². The molecule has 0 saturated heterocycles. The maximum Gasteiger partial charge on any atom is 0.142 e. The monoisotopic (exact) mass is 241 g/mol. The van der Waals surface area contributed by atoms with E-state index >= 15 is 0 Å². The molecule has 3 nitrogen and oxygen atoms in total. The van der Waals surface area contributed by atoms with Crippen LogP contribution in [0.25, 0.3) is 22.2 Å². The highest BCUT2D eigenvalue weighted by atomic mass is 19.1. The zero-order valence-corrected chi connectivity index (χ0v) is 9.65. The summed E-state index contributed by atoms with van der Waals surface area (Å²) in [4.78, 5) is 7.06. The molecule has 1 aromatic carbocycles. The van der Waals surface area contributed by atoms with Crippen LogP contribution in [0.2, 0.25) is 0 Å². The molecule has 0 aliphatic rings. The Bertz CT molecular complexity index is 703. The normalized spacial score (nSPS) is 11.0. The Kier molecular flexibility index (Phi) is 2.57. The van der Waals surface area contributed by atoms with Crippen molar-refractivity contribution in [3.63, 3.8) is 0 Å². The number of aromatic amines is 1. The predicted octanol–water partition coefficient (Wildman–Crippen LogP) is 2.83. The summed E-state index contributed by atoms with van der Waals surface area (Å²) >= 11 is 0. The van der Waals surface area contributed by atoms with Crippen LogP contribution < -0.4 is 5.73 Å². The van der Waals surface area contributed by atoms with Gasteiger partial charge >= 0.3 is 0 Å². The molecule has 0 fully saturated rings. The fourth-order valence-corrected chi connectivity index (χ4v) is 2.08. The van der Waals surface area contributed by atoms with Gasteiger partial charge in [0.15, 0.2) is 0 Å². The second-order valence-electron chi connectivity index (χ2n) is 4.16. The van der Waals surface area contributed by atoms with Crippen LogP contribution in [-0.2, 0) is 6.54 Å². The summed E-state index contributed by atoms with van der Waals surface area (Å²) in [7, 11) is 0. The molecule has 3 N–H and O–H groups in total. The van der Waals surface area contributed by atoms with Crippen molar-refractivity contribution >= 4 is 11.0 Å². The van der Waals surface area contributed by atoms with Crippen molar-refractivity contribution in [2.24, 2.45) is 5.73 Å². The van der Waals surface area contributed by atoms with Gasteiger partial charge in [0.25, 0.3) is 0 Å². The minimum Gasteiger partial charge on any atom is -0.346 e. The van der Waals surface area contributed by atoms with Crippen LogP contribution in [0.5, 0.6) is 0 Å². The molecule has 0 aliphatic heterocycles. The van der Waals surface area contributed by atoms with E-state index < -0.39 is 0 Å². The van der Waals surface area contributed by atoms with Crippen molar-refractivity contribution in [3.8, 4) is 11.1 Å². The van der Waals surface area contributed by atoms with Gasteiger partial charge in [-0.3, -0.25) is 0 Å². The lowest BCUT2D eigenvalue weighted by Crippen LogP contribution is -1.95. The van der Waals surface area contributed by atoms with Gasteiger partial charge in [-0.25, -0.2) is 9.37 Å². The van der Waals surface area contributed by atoms with Crippen LogP contribution in [0.1, 0.15) is 5.56 Å². The Morgan fingerprint density at radius 1 is 1.28 bits per heavy atom. The summed E-state index contributed by atoms with van der Waals surface area (Å²) in [5.74, 6) is -0.335. The van der Waals surface area contributed by atoms with E-state index in [0.29, 0.717) is 12.2 Å². The van der Waals surface area contributed by atoms with Crippen molar-refractivity contribution in [1.82, 2.24) is 9.97 Å². The van der Waals surface area contributed by atoms with Gasteiger partial charge in [0, 0.05) is 23.7 Å². The second kappa shape index (κ2) is 4.23. The molecule has 18 heavy (non-hydrogen) atoms. The molecule has 0 radical (unpaired) electrons. The van der Waals surface area contributed by atoms with Crippen LogP contribution in [0.15, 0.2) is 42.7 Å². The van der Waals surface area contributed by atoms with E-state index in [1.54, 1.807) is 0 Å². The number of halogens is 1. The van der Waals surface area contributed by atoms with Gasteiger partial charge in [-0.2, -0.15) is 0 Å². The van der Waals surface area contributed by atoms with E-state index in [0.717, 1.165) is 22.1 Å². The molecule has 2 aromatic heterocycles. The Morgan fingerprint density at radius 2 is 2.17 bits per heavy atom. The summed E-state index contributed by atoms with van der Waals surface area (Å²) in [6.07, 6.45) is 3.05. The molecule has 0 bridgehead atoms. The van der Waals surface area contributed by atoms with E-state index in [1.807, 2.05) is 30.5 Å². The largest absolute Gasteiger partial charge is 0.346 e.